The number of hydrogen-bond donors (Lipinski definition) is 1. The third kappa shape index (κ3) is 11.4. The fourth-order valence-corrected chi connectivity index (χ4v) is 0.979. The van der Waals surface area contributed by atoms with E-state index >= 15 is 0 Å². The molecule has 0 amide bonds. The van der Waals surface area contributed by atoms with Gasteiger partial charge in [0.25, 0.3) is 0 Å². The summed E-state index contributed by atoms with van der Waals surface area (Å²) in [5.41, 5.74) is 0.0690. The van der Waals surface area contributed by atoms with Crippen LogP contribution in [0.2, 0.25) is 0 Å². The maximum absolute atomic E-state index is 10.4. The molecule has 1 atom stereocenters. The zero-order chi connectivity index (χ0) is 9.78. The maximum Gasteiger partial charge on any atom is 0.302 e. The van der Waals surface area contributed by atoms with Gasteiger partial charge in [0, 0.05) is 6.92 Å². The molecular weight excluding hydrogens is 168 g/mol. The molecule has 0 aliphatic carbocycles. The van der Waals surface area contributed by atoms with Crippen molar-refractivity contribution in [3.05, 3.63) is 0 Å². The number of carbonyl (C=O) groups excluding carboxylic acids is 1. The largest absolute Gasteiger partial charge is 0.463 e. The lowest BCUT2D eigenvalue weighted by Gasteiger charge is -2.21. The van der Waals surface area contributed by atoms with Gasteiger partial charge < -0.3 is 9.84 Å². The minimum absolute atomic E-state index is 0. The van der Waals surface area contributed by atoms with E-state index in [9.17, 15) is 9.90 Å². The first kappa shape index (κ1) is 14.9. The van der Waals surface area contributed by atoms with Crippen molar-refractivity contribution >= 4 is 5.97 Å². The van der Waals surface area contributed by atoms with Crippen LogP contribution in [0.3, 0.4) is 0 Å². The standard InChI is InChI=1S/C9H18O3.CH4/c1-7(10)12-6-8(11)5-9(2,3)4;/h8,11H,5-6H2,1-4H3;1H4. The molecule has 0 saturated heterocycles. The zero-order valence-electron chi connectivity index (χ0n) is 8.26. The van der Waals surface area contributed by atoms with Gasteiger partial charge >= 0.3 is 5.97 Å². The molecule has 3 nitrogen and oxygen atoms in total. The molecular formula is C10H22O3. The second-order valence-corrected chi connectivity index (χ2v) is 4.22. The molecule has 0 saturated carbocycles. The molecule has 0 radical (unpaired) electrons. The van der Waals surface area contributed by atoms with Crippen LogP contribution in [0.4, 0.5) is 0 Å². The molecule has 0 spiro atoms. The molecule has 13 heavy (non-hydrogen) atoms. The summed E-state index contributed by atoms with van der Waals surface area (Å²) in [7, 11) is 0. The van der Waals surface area contributed by atoms with Crippen LogP contribution in [-0.2, 0) is 9.53 Å². The highest BCUT2D eigenvalue weighted by Gasteiger charge is 2.17. The van der Waals surface area contributed by atoms with Crippen molar-refractivity contribution < 1.29 is 14.6 Å². The quantitative estimate of drug-likeness (QED) is 0.692. The normalized spacial score (nSPS) is 13.0. The summed E-state index contributed by atoms with van der Waals surface area (Å²) in [6.45, 7) is 7.54. The van der Waals surface area contributed by atoms with Crippen molar-refractivity contribution in [2.24, 2.45) is 5.41 Å². The molecule has 0 aromatic heterocycles. The molecule has 0 fully saturated rings. The van der Waals surface area contributed by atoms with E-state index in [2.05, 4.69) is 4.74 Å². The van der Waals surface area contributed by atoms with Crippen LogP contribution in [0, 0.1) is 5.41 Å². The van der Waals surface area contributed by atoms with E-state index in [4.69, 9.17) is 0 Å². The third-order valence-electron chi connectivity index (χ3n) is 1.33. The van der Waals surface area contributed by atoms with Crippen molar-refractivity contribution in [3.8, 4) is 0 Å². The fraction of sp³-hybridized carbons (Fsp3) is 0.900. The summed E-state index contributed by atoms with van der Waals surface area (Å²) in [6, 6.07) is 0. The van der Waals surface area contributed by atoms with Gasteiger partial charge in [0.15, 0.2) is 0 Å². The zero-order valence-corrected chi connectivity index (χ0v) is 8.26. The first-order chi connectivity index (χ1) is 5.31. The number of hydrogen-bond acceptors (Lipinski definition) is 3. The fourth-order valence-electron chi connectivity index (χ4n) is 0.979. The van der Waals surface area contributed by atoms with Gasteiger partial charge in [-0.2, -0.15) is 0 Å². The van der Waals surface area contributed by atoms with E-state index in [0.29, 0.717) is 6.42 Å². The minimum Gasteiger partial charge on any atom is -0.463 e. The van der Waals surface area contributed by atoms with Crippen molar-refractivity contribution in [3.63, 3.8) is 0 Å². The number of aliphatic hydroxyl groups excluding tert-OH is 1. The van der Waals surface area contributed by atoms with Gasteiger partial charge in [-0.3, -0.25) is 4.79 Å². The van der Waals surface area contributed by atoms with Gasteiger partial charge in [-0.1, -0.05) is 28.2 Å². The number of ether oxygens (including phenoxy) is 1. The van der Waals surface area contributed by atoms with E-state index < -0.39 is 6.10 Å². The maximum atomic E-state index is 10.4. The Morgan fingerprint density at radius 2 is 1.92 bits per heavy atom. The predicted octanol–water partition coefficient (Wildman–Crippen LogP) is 1.98. The average molecular weight is 190 g/mol. The molecule has 1 unspecified atom stereocenters. The van der Waals surface area contributed by atoms with Gasteiger partial charge in [0.05, 0.1) is 6.10 Å². The van der Waals surface area contributed by atoms with E-state index in [0.717, 1.165) is 0 Å². The lowest BCUT2D eigenvalue weighted by molar-refractivity contribution is -0.144. The van der Waals surface area contributed by atoms with E-state index in [-0.39, 0.29) is 25.4 Å². The molecule has 0 aromatic carbocycles. The molecule has 0 aliphatic rings. The highest BCUT2D eigenvalue weighted by Crippen LogP contribution is 2.20. The first-order valence-electron chi connectivity index (χ1n) is 4.13. The topological polar surface area (TPSA) is 46.5 Å². The highest BCUT2D eigenvalue weighted by atomic mass is 16.5. The van der Waals surface area contributed by atoms with Gasteiger partial charge in [0.2, 0.25) is 0 Å². The Hall–Kier alpha value is -0.570. The van der Waals surface area contributed by atoms with Crippen LogP contribution in [-0.4, -0.2) is 23.8 Å². The predicted molar refractivity (Wildman–Crippen MR) is 53.4 cm³/mol. The van der Waals surface area contributed by atoms with Crippen LogP contribution in [0.5, 0.6) is 0 Å². The van der Waals surface area contributed by atoms with Crippen LogP contribution in [0.25, 0.3) is 0 Å². The Balaban J connectivity index is 0. The number of esters is 1. The number of rotatable bonds is 3. The lowest BCUT2D eigenvalue weighted by Crippen LogP contribution is -2.23. The summed E-state index contributed by atoms with van der Waals surface area (Å²) in [5, 5.41) is 9.36. The Kier molecular flexibility index (Phi) is 6.86. The first-order valence-corrected chi connectivity index (χ1v) is 4.13. The Morgan fingerprint density at radius 1 is 1.46 bits per heavy atom. The second-order valence-electron chi connectivity index (χ2n) is 4.22. The third-order valence-corrected chi connectivity index (χ3v) is 1.33. The Labute approximate surface area is 81.1 Å². The summed E-state index contributed by atoms with van der Waals surface area (Å²) in [6.07, 6.45) is 0.0919. The molecule has 0 aliphatic heterocycles. The van der Waals surface area contributed by atoms with Crippen LogP contribution < -0.4 is 0 Å². The van der Waals surface area contributed by atoms with Crippen molar-refractivity contribution in [2.45, 2.75) is 47.6 Å². The molecule has 0 aromatic rings. The van der Waals surface area contributed by atoms with Crippen molar-refractivity contribution in [1.82, 2.24) is 0 Å². The van der Waals surface area contributed by atoms with E-state index in [1.165, 1.54) is 6.92 Å². The number of aliphatic hydroxyl groups is 1. The average Bonchev–Trinajstić information content (AvgIpc) is 1.79. The van der Waals surface area contributed by atoms with Crippen LogP contribution >= 0.6 is 0 Å². The summed E-state index contributed by atoms with van der Waals surface area (Å²) < 4.78 is 4.66. The van der Waals surface area contributed by atoms with Crippen LogP contribution in [0.1, 0.15) is 41.5 Å². The Morgan fingerprint density at radius 3 is 2.23 bits per heavy atom. The molecule has 3 heteroatoms. The van der Waals surface area contributed by atoms with Gasteiger partial charge in [-0.05, 0) is 11.8 Å². The van der Waals surface area contributed by atoms with Crippen LogP contribution in [0.15, 0.2) is 0 Å². The summed E-state index contributed by atoms with van der Waals surface area (Å²) >= 11 is 0. The summed E-state index contributed by atoms with van der Waals surface area (Å²) in [4.78, 5) is 10.4. The van der Waals surface area contributed by atoms with Crippen molar-refractivity contribution in [2.75, 3.05) is 6.61 Å². The highest BCUT2D eigenvalue weighted by molar-refractivity contribution is 5.65. The minimum atomic E-state index is -0.547. The SMILES string of the molecule is C.CC(=O)OCC(O)CC(C)(C)C. The molecule has 0 rings (SSSR count). The van der Waals surface area contributed by atoms with Gasteiger partial charge in [-0.15, -0.1) is 0 Å². The van der Waals surface area contributed by atoms with Crippen molar-refractivity contribution in [1.29, 1.82) is 0 Å². The van der Waals surface area contributed by atoms with E-state index in [1.54, 1.807) is 0 Å². The molecule has 1 N–H and O–H groups in total. The summed E-state index contributed by atoms with van der Waals surface area (Å²) in [5.74, 6) is -0.344. The Bertz CT molecular complexity index is 147. The monoisotopic (exact) mass is 190 g/mol. The number of carbonyl (C=O) groups is 1. The smallest absolute Gasteiger partial charge is 0.302 e. The lowest BCUT2D eigenvalue weighted by atomic mass is 9.89. The molecule has 0 bridgehead atoms. The molecule has 0 heterocycles. The van der Waals surface area contributed by atoms with Gasteiger partial charge in [0.1, 0.15) is 6.61 Å². The second kappa shape index (κ2) is 5.97. The van der Waals surface area contributed by atoms with E-state index in [1.807, 2.05) is 20.8 Å². The molecule has 80 valence electrons. The van der Waals surface area contributed by atoms with Gasteiger partial charge in [-0.25, -0.2) is 0 Å².